The number of nitrogens with one attached hydrogen (secondary N) is 1. The molecule has 0 bridgehead atoms. The minimum atomic E-state index is -4.17. The van der Waals surface area contributed by atoms with Crippen molar-refractivity contribution in [1.29, 1.82) is 0 Å². The summed E-state index contributed by atoms with van der Waals surface area (Å²) in [4.78, 5) is 8.38. The van der Waals surface area contributed by atoms with Crippen molar-refractivity contribution in [2.75, 3.05) is 51.3 Å². The van der Waals surface area contributed by atoms with Gasteiger partial charge >= 0.3 is 6.18 Å². The molecule has 0 radical (unpaired) electrons. The van der Waals surface area contributed by atoms with Gasteiger partial charge in [0.1, 0.15) is 5.75 Å². The number of alkyl halides is 3. The van der Waals surface area contributed by atoms with Crippen LogP contribution in [0.15, 0.2) is 29.3 Å². The van der Waals surface area contributed by atoms with Gasteiger partial charge in [-0.1, -0.05) is 0 Å². The molecule has 1 aromatic carbocycles. The Balaban J connectivity index is 1.92. The minimum absolute atomic E-state index is 0.246. The summed E-state index contributed by atoms with van der Waals surface area (Å²) in [6, 6.07) is 7.86. The number of rotatable bonds is 5. The fourth-order valence-electron chi connectivity index (χ4n) is 2.68. The molecule has 1 saturated heterocycles. The first-order valence-electron chi connectivity index (χ1n) is 8.42. The first-order valence-corrected chi connectivity index (χ1v) is 8.42. The number of guanidine groups is 1. The Labute approximate surface area is 146 Å². The Bertz CT molecular complexity index is 552. The summed E-state index contributed by atoms with van der Waals surface area (Å²) >= 11 is 0. The van der Waals surface area contributed by atoms with E-state index in [1.54, 1.807) is 7.11 Å². The van der Waals surface area contributed by atoms with Crippen molar-refractivity contribution in [3.8, 4) is 5.75 Å². The van der Waals surface area contributed by atoms with Crippen LogP contribution in [-0.2, 0) is 0 Å². The van der Waals surface area contributed by atoms with Gasteiger partial charge in [0.2, 0.25) is 0 Å². The average Bonchev–Trinajstić information content (AvgIpc) is 2.60. The summed E-state index contributed by atoms with van der Waals surface area (Å²) in [7, 11) is 1.63. The van der Waals surface area contributed by atoms with Crippen LogP contribution in [0.25, 0.3) is 0 Å². The summed E-state index contributed by atoms with van der Waals surface area (Å²) in [6.07, 6.45) is -5.07. The first kappa shape index (κ1) is 19.2. The topological polar surface area (TPSA) is 40.1 Å². The van der Waals surface area contributed by atoms with Crippen molar-refractivity contribution >= 4 is 11.6 Å². The van der Waals surface area contributed by atoms with Crippen LogP contribution in [-0.4, -0.2) is 63.4 Å². The molecule has 0 spiro atoms. The Morgan fingerprint density at radius 2 is 1.80 bits per heavy atom. The molecule has 1 aromatic rings. The average molecular weight is 358 g/mol. The van der Waals surface area contributed by atoms with E-state index in [4.69, 9.17) is 4.74 Å². The van der Waals surface area contributed by atoms with Gasteiger partial charge in [-0.25, -0.2) is 0 Å². The highest BCUT2D eigenvalue weighted by atomic mass is 19.4. The molecule has 8 heteroatoms. The second-order valence-electron chi connectivity index (χ2n) is 5.77. The van der Waals surface area contributed by atoms with Crippen molar-refractivity contribution in [2.45, 2.75) is 19.5 Å². The van der Waals surface area contributed by atoms with E-state index in [0.29, 0.717) is 25.6 Å². The maximum absolute atomic E-state index is 12.3. The van der Waals surface area contributed by atoms with E-state index in [1.165, 1.54) is 0 Å². The van der Waals surface area contributed by atoms with Crippen molar-refractivity contribution in [2.24, 2.45) is 4.99 Å². The lowest BCUT2D eigenvalue weighted by Crippen LogP contribution is -2.52. The molecule has 1 aliphatic heterocycles. The van der Waals surface area contributed by atoms with Crippen LogP contribution in [0.4, 0.5) is 18.9 Å². The molecule has 0 saturated carbocycles. The van der Waals surface area contributed by atoms with Gasteiger partial charge in [-0.05, 0) is 31.2 Å². The maximum Gasteiger partial charge on any atom is 0.390 e. The van der Waals surface area contributed by atoms with Crippen LogP contribution in [0.1, 0.15) is 13.3 Å². The lowest BCUT2D eigenvalue weighted by molar-refractivity contribution is -0.132. The number of hydrogen-bond donors (Lipinski definition) is 1. The largest absolute Gasteiger partial charge is 0.497 e. The molecular weight excluding hydrogens is 333 g/mol. The molecule has 1 N–H and O–H groups in total. The number of methoxy groups -OCH3 is 1. The molecule has 1 aliphatic rings. The van der Waals surface area contributed by atoms with Gasteiger partial charge in [0, 0.05) is 38.4 Å². The quantitative estimate of drug-likeness (QED) is 0.649. The molecule has 1 heterocycles. The number of aliphatic imine (C=N–C) groups is 1. The van der Waals surface area contributed by atoms with E-state index in [1.807, 2.05) is 36.1 Å². The lowest BCUT2D eigenvalue weighted by Gasteiger charge is -2.37. The zero-order chi connectivity index (χ0) is 18.3. The summed E-state index contributed by atoms with van der Waals surface area (Å²) in [6.45, 7) is 5.29. The number of anilines is 1. The highest BCUT2D eigenvalue weighted by molar-refractivity contribution is 5.80. The summed E-state index contributed by atoms with van der Waals surface area (Å²) in [5, 5.41) is 3.08. The Morgan fingerprint density at radius 1 is 1.16 bits per heavy atom. The minimum Gasteiger partial charge on any atom is -0.497 e. The zero-order valence-corrected chi connectivity index (χ0v) is 14.6. The third kappa shape index (κ3) is 6.03. The first-order chi connectivity index (χ1) is 11.9. The molecule has 0 aromatic heterocycles. The highest BCUT2D eigenvalue weighted by Gasteiger charge is 2.26. The standard InChI is InChI=1S/C17H25F3N4O/c1-3-21-16(22-9-8-17(18,19)20)24-12-10-23(11-13-24)14-4-6-15(25-2)7-5-14/h4-7H,3,8-13H2,1-2H3,(H,21,22). The smallest absolute Gasteiger partial charge is 0.390 e. The number of hydrogen-bond acceptors (Lipinski definition) is 3. The van der Waals surface area contributed by atoms with E-state index in [2.05, 4.69) is 15.2 Å². The fraction of sp³-hybridized carbons (Fsp3) is 0.588. The SMILES string of the molecule is CCNC(=NCCC(F)(F)F)N1CCN(c2ccc(OC)cc2)CC1. The lowest BCUT2D eigenvalue weighted by atomic mass is 10.2. The van der Waals surface area contributed by atoms with Crippen molar-refractivity contribution in [3.63, 3.8) is 0 Å². The van der Waals surface area contributed by atoms with Crippen molar-refractivity contribution in [3.05, 3.63) is 24.3 Å². The Morgan fingerprint density at radius 3 is 2.32 bits per heavy atom. The number of ether oxygens (including phenoxy) is 1. The van der Waals surface area contributed by atoms with E-state index in [-0.39, 0.29) is 6.54 Å². The van der Waals surface area contributed by atoms with Crippen LogP contribution in [0.3, 0.4) is 0 Å². The van der Waals surface area contributed by atoms with Gasteiger partial charge in [0.05, 0.1) is 20.1 Å². The zero-order valence-electron chi connectivity index (χ0n) is 14.6. The number of piperazine rings is 1. The van der Waals surface area contributed by atoms with Crippen LogP contribution in [0.5, 0.6) is 5.75 Å². The van der Waals surface area contributed by atoms with Crippen molar-refractivity contribution < 1.29 is 17.9 Å². The molecule has 0 amide bonds. The predicted molar refractivity (Wildman–Crippen MR) is 93.4 cm³/mol. The second-order valence-corrected chi connectivity index (χ2v) is 5.77. The van der Waals surface area contributed by atoms with E-state index in [0.717, 1.165) is 24.5 Å². The monoisotopic (exact) mass is 358 g/mol. The van der Waals surface area contributed by atoms with Gasteiger partial charge in [0.15, 0.2) is 5.96 Å². The van der Waals surface area contributed by atoms with Gasteiger partial charge in [-0.2, -0.15) is 13.2 Å². The highest BCUT2D eigenvalue weighted by Crippen LogP contribution is 2.21. The molecular formula is C17H25F3N4O. The van der Waals surface area contributed by atoms with Gasteiger partial charge < -0.3 is 19.9 Å². The summed E-state index contributed by atoms with van der Waals surface area (Å²) in [5.41, 5.74) is 1.11. The molecule has 2 rings (SSSR count). The summed E-state index contributed by atoms with van der Waals surface area (Å²) in [5.74, 6) is 1.37. The maximum atomic E-state index is 12.3. The van der Waals surface area contributed by atoms with Crippen LogP contribution in [0.2, 0.25) is 0 Å². The second kappa shape index (κ2) is 8.82. The Hall–Kier alpha value is -2.12. The third-order valence-electron chi connectivity index (χ3n) is 4.01. The molecule has 140 valence electrons. The number of benzene rings is 1. The molecule has 5 nitrogen and oxygen atoms in total. The molecule has 0 atom stereocenters. The fourth-order valence-corrected chi connectivity index (χ4v) is 2.68. The van der Waals surface area contributed by atoms with Crippen LogP contribution < -0.4 is 15.0 Å². The van der Waals surface area contributed by atoms with Gasteiger partial charge in [-0.15, -0.1) is 0 Å². The molecule has 25 heavy (non-hydrogen) atoms. The van der Waals surface area contributed by atoms with E-state index < -0.39 is 12.6 Å². The van der Waals surface area contributed by atoms with Crippen LogP contribution >= 0.6 is 0 Å². The number of halogens is 3. The number of nitrogens with zero attached hydrogens (tertiary/aromatic N) is 3. The third-order valence-corrected chi connectivity index (χ3v) is 4.01. The Kier molecular flexibility index (Phi) is 6.78. The van der Waals surface area contributed by atoms with E-state index in [9.17, 15) is 13.2 Å². The summed E-state index contributed by atoms with van der Waals surface area (Å²) < 4.78 is 42.1. The molecule has 1 fully saturated rings. The van der Waals surface area contributed by atoms with Crippen molar-refractivity contribution in [1.82, 2.24) is 10.2 Å². The van der Waals surface area contributed by atoms with Crippen LogP contribution in [0, 0.1) is 0 Å². The van der Waals surface area contributed by atoms with Gasteiger partial charge in [-0.3, -0.25) is 4.99 Å². The molecule has 0 unspecified atom stereocenters. The normalized spacial score (nSPS) is 16.1. The predicted octanol–water partition coefficient (Wildman–Crippen LogP) is 2.74. The van der Waals surface area contributed by atoms with E-state index >= 15 is 0 Å². The van der Waals surface area contributed by atoms with Gasteiger partial charge in [0.25, 0.3) is 0 Å². The molecule has 0 aliphatic carbocycles.